The van der Waals surface area contributed by atoms with Gasteiger partial charge in [0, 0.05) is 37.1 Å². The van der Waals surface area contributed by atoms with Crippen LogP contribution >= 0.6 is 11.3 Å². The monoisotopic (exact) mass is 422 g/mol. The first kappa shape index (κ1) is 19.1. The number of hydrogen-bond acceptors (Lipinski definition) is 7. The first-order chi connectivity index (χ1) is 14.6. The quantitative estimate of drug-likeness (QED) is 0.650. The van der Waals surface area contributed by atoms with Crippen molar-refractivity contribution in [1.29, 1.82) is 0 Å². The molecule has 1 N–H and O–H groups in total. The Morgan fingerprint density at radius 3 is 2.73 bits per heavy atom. The highest BCUT2D eigenvalue weighted by Gasteiger charge is 2.52. The van der Waals surface area contributed by atoms with E-state index in [0.717, 1.165) is 24.2 Å². The highest BCUT2D eigenvalue weighted by atomic mass is 32.1. The number of benzene rings is 1. The zero-order chi connectivity index (χ0) is 20.7. The van der Waals surface area contributed by atoms with Gasteiger partial charge in [-0.25, -0.2) is 19.7 Å². The lowest BCUT2D eigenvalue weighted by Crippen LogP contribution is -2.55. The molecule has 2 fully saturated rings. The van der Waals surface area contributed by atoms with Crippen molar-refractivity contribution < 1.29 is 9.59 Å². The minimum Gasteiger partial charge on any atom is -0.323 e. The second-order valence-electron chi connectivity index (χ2n) is 7.94. The Balaban J connectivity index is 1.27. The van der Waals surface area contributed by atoms with Crippen molar-refractivity contribution in [2.75, 3.05) is 13.1 Å². The van der Waals surface area contributed by atoms with Crippen LogP contribution in [0.4, 0.5) is 4.79 Å². The molecule has 1 atom stereocenters. The Morgan fingerprint density at radius 2 is 1.97 bits per heavy atom. The maximum absolute atomic E-state index is 13.1. The summed E-state index contributed by atoms with van der Waals surface area (Å²) in [7, 11) is 0. The van der Waals surface area contributed by atoms with E-state index in [4.69, 9.17) is 0 Å². The van der Waals surface area contributed by atoms with Crippen molar-refractivity contribution in [1.82, 2.24) is 30.1 Å². The zero-order valence-electron chi connectivity index (χ0n) is 16.6. The Morgan fingerprint density at radius 1 is 1.20 bits per heavy atom. The molecule has 0 unspecified atom stereocenters. The summed E-state index contributed by atoms with van der Waals surface area (Å²) in [6.07, 6.45) is 5.88. The van der Waals surface area contributed by atoms with E-state index in [1.165, 1.54) is 21.5 Å². The first-order valence-electron chi connectivity index (χ1n) is 10.0. The molecule has 2 aliphatic rings. The van der Waals surface area contributed by atoms with Crippen molar-refractivity contribution in [3.05, 3.63) is 53.6 Å². The average molecular weight is 423 g/mol. The predicted molar refractivity (Wildman–Crippen MR) is 113 cm³/mol. The third-order valence-corrected chi connectivity index (χ3v) is 7.05. The summed E-state index contributed by atoms with van der Waals surface area (Å²) < 4.78 is 1.19. The van der Waals surface area contributed by atoms with Crippen LogP contribution in [0.1, 0.15) is 36.9 Å². The lowest BCUT2D eigenvalue weighted by molar-refractivity contribution is -0.133. The van der Waals surface area contributed by atoms with Gasteiger partial charge >= 0.3 is 6.03 Å². The second kappa shape index (κ2) is 7.41. The number of urea groups is 1. The van der Waals surface area contributed by atoms with E-state index in [0.29, 0.717) is 12.8 Å². The van der Waals surface area contributed by atoms with Crippen molar-refractivity contribution in [2.45, 2.75) is 37.9 Å². The number of piperidine rings is 1. The molecule has 30 heavy (non-hydrogen) atoms. The summed E-state index contributed by atoms with van der Waals surface area (Å²) in [5, 5.41) is 2.97. The molecule has 4 heterocycles. The van der Waals surface area contributed by atoms with E-state index in [1.807, 2.05) is 5.51 Å². The van der Waals surface area contributed by atoms with Crippen LogP contribution in [0.3, 0.4) is 0 Å². The molecule has 2 aliphatic heterocycles. The van der Waals surface area contributed by atoms with Crippen molar-refractivity contribution in [2.24, 2.45) is 0 Å². The van der Waals surface area contributed by atoms with Gasteiger partial charge in [0.1, 0.15) is 11.9 Å². The van der Waals surface area contributed by atoms with Gasteiger partial charge in [0.15, 0.2) is 0 Å². The Hall–Kier alpha value is -2.91. The van der Waals surface area contributed by atoms with Gasteiger partial charge in [-0.3, -0.25) is 14.6 Å². The molecular formula is C21H22N6O2S. The molecule has 9 heteroatoms. The van der Waals surface area contributed by atoms with Crippen LogP contribution in [0.2, 0.25) is 0 Å². The van der Waals surface area contributed by atoms with Gasteiger partial charge in [-0.05, 0) is 37.5 Å². The summed E-state index contributed by atoms with van der Waals surface area (Å²) in [6.45, 7) is 3.86. The number of thiazole rings is 1. The maximum Gasteiger partial charge on any atom is 0.325 e. The summed E-state index contributed by atoms with van der Waals surface area (Å²) in [5.41, 5.74) is 4.04. The van der Waals surface area contributed by atoms with Gasteiger partial charge in [0.05, 0.1) is 22.3 Å². The van der Waals surface area contributed by atoms with Crippen molar-refractivity contribution >= 4 is 33.5 Å². The summed E-state index contributed by atoms with van der Waals surface area (Å²) in [6, 6.07) is 6.31. The molecule has 8 nitrogen and oxygen atoms in total. The van der Waals surface area contributed by atoms with Gasteiger partial charge in [-0.15, -0.1) is 11.3 Å². The molecule has 3 amide bonds. The lowest BCUT2D eigenvalue weighted by Gasteiger charge is -2.40. The molecule has 3 aromatic rings. The van der Waals surface area contributed by atoms with Crippen LogP contribution in [0.25, 0.3) is 10.2 Å². The van der Waals surface area contributed by atoms with E-state index in [2.05, 4.69) is 50.3 Å². The number of nitrogens with zero attached hydrogens (tertiary/aromatic N) is 5. The second-order valence-corrected chi connectivity index (χ2v) is 8.83. The topological polar surface area (TPSA) is 91.3 Å². The number of carbonyl (C=O) groups excluding carboxylic acids is 2. The third kappa shape index (κ3) is 3.23. The fourth-order valence-electron chi connectivity index (χ4n) is 4.39. The maximum atomic E-state index is 13.1. The van der Waals surface area contributed by atoms with E-state index in [1.54, 1.807) is 23.7 Å². The van der Waals surface area contributed by atoms with Crippen molar-refractivity contribution in [3.63, 3.8) is 0 Å². The van der Waals surface area contributed by atoms with Crippen LogP contribution < -0.4 is 5.32 Å². The van der Waals surface area contributed by atoms with E-state index < -0.39 is 5.54 Å². The standard InChI is InChI=1S/C21H22N6O2S/c1-14(16-2-3-18-17(8-16)24-13-30-18)26-6-4-21(5-7-26)19(28)27(20(29)25-21)11-15-9-22-12-23-10-15/h2-3,8-10,12-14H,4-7,11H2,1H3,(H,25,29)/t14-/m0/s1. The smallest absolute Gasteiger partial charge is 0.323 e. The molecule has 5 rings (SSSR count). The van der Waals surface area contributed by atoms with Crippen LogP contribution in [-0.2, 0) is 11.3 Å². The van der Waals surface area contributed by atoms with E-state index >= 15 is 0 Å². The van der Waals surface area contributed by atoms with Crippen LogP contribution in [0.5, 0.6) is 0 Å². The largest absolute Gasteiger partial charge is 0.325 e. The number of aromatic nitrogens is 3. The fraction of sp³-hybridized carbons (Fsp3) is 0.381. The predicted octanol–water partition coefficient (Wildman–Crippen LogP) is 2.73. The lowest BCUT2D eigenvalue weighted by atomic mass is 9.86. The van der Waals surface area contributed by atoms with Gasteiger partial charge in [-0.1, -0.05) is 6.07 Å². The van der Waals surface area contributed by atoms with E-state index in [-0.39, 0.29) is 24.5 Å². The molecule has 2 aromatic heterocycles. The number of carbonyl (C=O) groups is 2. The number of nitrogens with one attached hydrogen (secondary N) is 1. The minimum atomic E-state index is -0.804. The third-order valence-electron chi connectivity index (χ3n) is 6.24. The highest BCUT2D eigenvalue weighted by molar-refractivity contribution is 7.16. The number of likely N-dealkylation sites (tertiary alicyclic amines) is 1. The SMILES string of the molecule is C[C@@H](c1ccc2scnc2c1)N1CCC2(CC1)NC(=O)N(Cc1cncnc1)C2=O. The molecule has 0 radical (unpaired) electrons. The molecule has 1 aromatic carbocycles. The van der Waals surface area contributed by atoms with Crippen LogP contribution in [0, 0.1) is 0 Å². The number of hydrogen-bond donors (Lipinski definition) is 1. The normalized spacial score (nSPS) is 20.1. The van der Waals surface area contributed by atoms with Gasteiger partial charge in [0.25, 0.3) is 5.91 Å². The van der Waals surface area contributed by atoms with E-state index in [9.17, 15) is 9.59 Å². The Kier molecular flexibility index (Phi) is 4.71. The molecule has 154 valence electrons. The number of fused-ring (bicyclic) bond motifs is 1. The summed E-state index contributed by atoms with van der Waals surface area (Å²) >= 11 is 1.64. The molecule has 2 saturated heterocycles. The molecule has 0 saturated carbocycles. The van der Waals surface area contributed by atoms with Crippen molar-refractivity contribution in [3.8, 4) is 0 Å². The average Bonchev–Trinajstić information content (AvgIpc) is 3.33. The van der Waals surface area contributed by atoms with Crippen LogP contribution in [0.15, 0.2) is 42.4 Å². The zero-order valence-corrected chi connectivity index (χ0v) is 17.4. The summed E-state index contributed by atoms with van der Waals surface area (Å²) in [5.74, 6) is -0.146. The first-order valence-corrected chi connectivity index (χ1v) is 10.9. The number of rotatable bonds is 4. The summed E-state index contributed by atoms with van der Waals surface area (Å²) in [4.78, 5) is 41.7. The fourth-order valence-corrected chi connectivity index (χ4v) is 5.05. The van der Waals surface area contributed by atoms with Crippen LogP contribution in [-0.4, -0.2) is 55.3 Å². The minimum absolute atomic E-state index is 0.146. The molecule has 0 aliphatic carbocycles. The Labute approximate surface area is 177 Å². The van der Waals surface area contributed by atoms with Gasteiger partial charge in [0.2, 0.25) is 0 Å². The van der Waals surface area contributed by atoms with Gasteiger partial charge < -0.3 is 5.32 Å². The molecule has 0 bridgehead atoms. The number of imide groups is 1. The molecular weight excluding hydrogens is 400 g/mol. The highest BCUT2D eigenvalue weighted by Crippen LogP contribution is 2.34. The Bertz CT molecular complexity index is 1090. The number of amides is 3. The van der Waals surface area contributed by atoms with Gasteiger partial charge in [-0.2, -0.15) is 0 Å². The molecule has 1 spiro atoms.